The highest BCUT2D eigenvalue weighted by Gasteiger charge is 2.30. The molecule has 22 heavy (non-hydrogen) atoms. The van der Waals surface area contributed by atoms with Gasteiger partial charge >= 0.3 is 0 Å². The maximum Gasteiger partial charge on any atom is 0.223 e. The number of thiazole rings is 1. The lowest BCUT2D eigenvalue weighted by Gasteiger charge is -2.06. The SMILES string of the molecule is C=CCn1c(SCc2csc(NC(C)=O)n2)nnc1C1CC1. The number of carbonyl (C=O) groups is 1. The van der Waals surface area contributed by atoms with E-state index in [4.69, 9.17) is 0 Å². The number of nitrogens with one attached hydrogen (secondary N) is 1. The number of carbonyl (C=O) groups excluding carboxylic acids is 1. The summed E-state index contributed by atoms with van der Waals surface area (Å²) in [5.74, 6) is 2.23. The van der Waals surface area contributed by atoms with Crippen LogP contribution < -0.4 is 5.32 Å². The van der Waals surface area contributed by atoms with E-state index >= 15 is 0 Å². The van der Waals surface area contributed by atoms with E-state index in [1.807, 2.05) is 11.5 Å². The van der Waals surface area contributed by atoms with E-state index in [2.05, 4.69) is 31.6 Å². The Balaban J connectivity index is 1.66. The van der Waals surface area contributed by atoms with Gasteiger partial charge in [-0.2, -0.15) is 0 Å². The quantitative estimate of drug-likeness (QED) is 0.622. The van der Waals surface area contributed by atoms with Crippen LogP contribution in [0.5, 0.6) is 0 Å². The standard InChI is InChI=1S/C14H17N5OS2/c1-3-6-19-12(10-4-5-10)17-18-14(19)22-8-11-7-21-13(16-11)15-9(2)20/h3,7,10H,1,4-6,8H2,2H3,(H,15,16,20). The Morgan fingerprint density at radius 2 is 2.41 bits per heavy atom. The molecule has 6 nitrogen and oxygen atoms in total. The van der Waals surface area contributed by atoms with Gasteiger partial charge in [0.1, 0.15) is 5.82 Å². The van der Waals surface area contributed by atoms with Crippen LogP contribution >= 0.6 is 23.1 Å². The molecule has 0 spiro atoms. The third kappa shape index (κ3) is 3.56. The molecule has 0 atom stereocenters. The van der Waals surface area contributed by atoms with Crippen molar-refractivity contribution in [2.24, 2.45) is 0 Å². The zero-order valence-electron chi connectivity index (χ0n) is 12.3. The van der Waals surface area contributed by atoms with Crippen LogP contribution in [0.4, 0.5) is 5.13 Å². The molecular formula is C14H17N5OS2. The molecule has 0 unspecified atom stereocenters. The number of rotatable bonds is 7. The molecule has 2 heterocycles. The second-order valence-corrected chi connectivity index (χ2v) is 6.93. The van der Waals surface area contributed by atoms with Crippen molar-refractivity contribution < 1.29 is 4.79 Å². The molecular weight excluding hydrogens is 318 g/mol. The van der Waals surface area contributed by atoms with Crippen LogP contribution in [0.2, 0.25) is 0 Å². The van der Waals surface area contributed by atoms with E-state index in [0.29, 0.717) is 16.8 Å². The summed E-state index contributed by atoms with van der Waals surface area (Å²) in [6.07, 6.45) is 4.27. The van der Waals surface area contributed by atoms with Crippen molar-refractivity contribution in [3.63, 3.8) is 0 Å². The molecule has 0 aliphatic heterocycles. The second kappa shape index (κ2) is 6.62. The number of hydrogen-bond acceptors (Lipinski definition) is 6. The lowest BCUT2D eigenvalue weighted by Crippen LogP contribution is -2.05. The minimum atomic E-state index is -0.103. The Morgan fingerprint density at radius 3 is 3.09 bits per heavy atom. The molecule has 1 aliphatic carbocycles. The smallest absolute Gasteiger partial charge is 0.223 e. The van der Waals surface area contributed by atoms with Gasteiger partial charge in [0, 0.05) is 30.5 Å². The fraction of sp³-hybridized carbons (Fsp3) is 0.429. The second-order valence-electron chi connectivity index (χ2n) is 5.13. The summed E-state index contributed by atoms with van der Waals surface area (Å²) in [6.45, 7) is 6.02. The highest BCUT2D eigenvalue weighted by atomic mass is 32.2. The third-order valence-electron chi connectivity index (χ3n) is 3.18. The van der Waals surface area contributed by atoms with Gasteiger partial charge in [-0.3, -0.25) is 4.79 Å². The van der Waals surface area contributed by atoms with Crippen molar-refractivity contribution >= 4 is 34.1 Å². The Hall–Kier alpha value is -1.67. The van der Waals surface area contributed by atoms with E-state index in [0.717, 1.165) is 23.2 Å². The Bertz CT molecular complexity index is 689. The van der Waals surface area contributed by atoms with Crippen LogP contribution in [0.3, 0.4) is 0 Å². The summed E-state index contributed by atoms with van der Waals surface area (Å²) in [6, 6.07) is 0. The number of nitrogens with zero attached hydrogens (tertiary/aromatic N) is 4. The van der Waals surface area contributed by atoms with Gasteiger partial charge in [-0.15, -0.1) is 28.1 Å². The summed E-state index contributed by atoms with van der Waals surface area (Å²) in [4.78, 5) is 15.4. The van der Waals surface area contributed by atoms with E-state index in [9.17, 15) is 4.79 Å². The molecule has 1 fully saturated rings. The lowest BCUT2D eigenvalue weighted by molar-refractivity contribution is -0.114. The van der Waals surface area contributed by atoms with Gasteiger partial charge in [-0.1, -0.05) is 17.8 Å². The van der Waals surface area contributed by atoms with Crippen LogP contribution in [-0.4, -0.2) is 25.7 Å². The van der Waals surface area contributed by atoms with Crippen LogP contribution in [0, 0.1) is 0 Å². The number of amides is 1. The van der Waals surface area contributed by atoms with Crippen molar-refractivity contribution in [2.45, 2.75) is 43.1 Å². The summed E-state index contributed by atoms with van der Waals surface area (Å²) in [5.41, 5.74) is 0.930. The predicted molar refractivity (Wildman–Crippen MR) is 88.2 cm³/mol. The number of aromatic nitrogens is 4. The fourth-order valence-corrected chi connectivity index (χ4v) is 3.78. The van der Waals surface area contributed by atoms with E-state index in [1.54, 1.807) is 11.8 Å². The van der Waals surface area contributed by atoms with Gasteiger partial charge < -0.3 is 9.88 Å². The molecule has 1 aliphatic rings. The molecule has 3 rings (SSSR count). The van der Waals surface area contributed by atoms with Gasteiger partial charge in [0.15, 0.2) is 10.3 Å². The zero-order chi connectivity index (χ0) is 15.5. The van der Waals surface area contributed by atoms with E-state index < -0.39 is 0 Å². The normalized spacial score (nSPS) is 14.0. The summed E-state index contributed by atoms with van der Waals surface area (Å²) in [7, 11) is 0. The topological polar surface area (TPSA) is 72.7 Å². The molecule has 116 valence electrons. The molecule has 1 saturated carbocycles. The van der Waals surface area contributed by atoms with Crippen molar-refractivity contribution in [3.05, 3.63) is 29.6 Å². The third-order valence-corrected chi connectivity index (χ3v) is 4.99. The Labute approximate surface area is 137 Å². The Morgan fingerprint density at radius 1 is 1.59 bits per heavy atom. The minimum Gasteiger partial charge on any atom is -0.302 e. The van der Waals surface area contributed by atoms with Gasteiger partial charge in [-0.05, 0) is 12.8 Å². The van der Waals surface area contributed by atoms with Crippen LogP contribution in [0.1, 0.15) is 37.2 Å². The molecule has 1 N–H and O–H groups in total. The molecule has 2 aromatic heterocycles. The maximum absolute atomic E-state index is 11.0. The minimum absolute atomic E-state index is 0.103. The van der Waals surface area contributed by atoms with Crippen LogP contribution in [-0.2, 0) is 17.1 Å². The van der Waals surface area contributed by atoms with E-state index in [1.165, 1.54) is 31.1 Å². The molecule has 0 bridgehead atoms. The molecule has 1 amide bonds. The first-order valence-corrected chi connectivity index (χ1v) is 8.92. The summed E-state index contributed by atoms with van der Waals surface area (Å²) in [5, 5.41) is 14.8. The first kappa shape index (κ1) is 15.2. The Kier molecular flexibility index (Phi) is 4.58. The first-order valence-electron chi connectivity index (χ1n) is 7.06. The zero-order valence-corrected chi connectivity index (χ0v) is 13.9. The molecule has 8 heteroatoms. The van der Waals surface area contributed by atoms with Crippen molar-refractivity contribution in [1.82, 2.24) is 19.7 Å². The molecule has 0 saturated heterocycles. The van der Waals surface area contributed by atoms with Gasteiger partial charge in [0.25, 0.3) is 0 Å². The largest absolute Gasteiger partial charge is 0.302 e. The van der Waals surface area contributed by atoms with Crippen molar-refractivity contribution in [2.75, 3.05) is 5.32 Å². The number of thioether (sulfide) groups is 1. The lowest BCUT2D eigenvalue weighted by atomic mass is 10.4. The number of hydrogen-bond donors (Lipinski definition) is 1. The van der Waals surface area contributed by atoms with E-state index in [-0.39, 0.29) is 5.91 Å². The van der Waals surface area contributed by atoms with Crippen LogP contribution in [0.15, 0.2) is 23.2 Å². The van der Waals surface area contributed by atoms with Gasteiger partial charge in [0.2, 0.25) is 5.91 Å². The summed E-state index contributed by atoms with van der Waals surface area (Å²) < 4.78 is 2.14. The summed E-state index contributed by atoms with van der Waals surface area (Å²) >= 11 is 3.04. The highest BCUT2D eigenvalue weighted by molar-refractivity contribution is 7.98. The highest BCUT2D eigenvalue weighted by Crippen LogP contribution is 2.40. The molecule has 0 aromatic carbocycles. The van der Waals surface area contributed by atoms with Crippen molar-refractivity contribution in [1.29, 1.82) is 0 Å². The first-order chi connectivity index (χ1) is 10.7. The number of allylic oxidation sites excluding steroid dienone is 1. The molecule has 2 aromatic rings. The molecule has 0 radical (unpaired) electrons. The van der Waals surface area contributed by atoms with Gasteiger partial charge in [0.05, 0.1) is 5.69 Å². The average Bonchev–Trinajstić information content (AvgIpc) is 3.10. The number of anilines is 1. The predicted octanol–water partition coefficient (Wildman–Crippen LogP) is 3.05. The average molecular weight is 335 g/mol. The monoisotopic (exact) mass is 335 g/mol. The maximum atomic E-state index is 11.0. The van der Waals surface area contributed by atoms with Crippen LogP contribution in [0.25, 0.3) is 0 Å². The fourth-order valence-electron chi connectivity index (χ4n) is 2.07. The van der Waals surface area contributed by atoms with Crippen molar-refractivity contribution in [3.8, 4) is 0 Å². The van der Waals surface area contributed by atoms with Gasteiger partial charge in [-0.25, -0.2) is 4.98 Å².